The number of nitrogens with zero attached hydrogens (tertiary/aromatic N) is 2. The van der Waals surface area contributed by atoms with Crippen molar-refractivity contribution in [1.29, 1.82) is 0 Å². The van der Waals surface area contributed by atoms with E-state index in [1.165, 1.54) is 0 Å². The van der Waals surface area contributed by atoms with Crippen molar-refractivity contribution < 1.29 is 4.79 Å². The number of carbonyl (C=O) groups excluding carboxylic acids is 1. The SMILES string of the molecule is O=C(C[C@@H]1CCNC1)Nc1ccnn1C1CNC1. The van der Waals surface area contributed by atoms with E-state index in [-0.39, 0.29) is 5.91 Å². The first kappa shape index (κ1) is 11.7. The molecule has 2 aliphatic heterocycles. The summed E-state index contributed by atoms with van der Waals surface area (Å²) in [4.78, 5) is 12.0. The molecule has 3 heterocycles. The van der Waals surface area contributed by atoms with Crippen LogP contribution in [-0.4, -0.2) is 41.9 Å². The van der Waals surface area contributed by atoms with Crippen LogP contribution in [0.1, 0.15) is 18.9 Å². The predicted octanol–water partition coefficient (Wildman–Crippen LogP) is -0.0345. The largest absolute Gasteiger partial charge is 0.316 e. The van der Waals surface area contributed by atoms with Crippen molar-refractivity contribution in [3.63, 3.8) is 0 Å². The Hall–Kier alpha value is -1.40. The lowest BCUT2D eigenvalue weighted by Crippen LogP contribution is -2.44. The van der Waals surface area contributed by atoms with E-state index >= 15 is 0 Å². The molecule has 0 saturated carbocycles. The monoisotopic (exact) mass is 249 g/mol. The zero-order valence-electron chi connectivity index (χ0n) is 10.4. The van der Waals surface area contributed by atoms with Crippen LogP contribution in [0.2, 0.25) is 0 Å². The van der Waals surface area contributed by atoms with Gasteiger partial charge in [-0.15, -0.1) is 0 Å². The summed E-state index contributed by atoms with van der Waals surface area (Å²) in [5.41, 5.74) is 0. The van der Waals surface area contributed by atoms with Gasteiger partial charge in [-0.3, -0.25) is 4.79 Å². The van der Waals surface area contributed by atoms with Gasteiger partial charge < -0.3 is 16.0 Å². The molecule has 1 amide bonds. The summed E-state index contributed by atoms with van der Waals surface area (Å²) in [6.45, 7) is 3.84. The highest BCUT2D eigenvalue weighted by Crippen LogP contribution is 2.19. The van der Waals surface area contributed by atoms with Gasteiger partial charge in [-0.25, -0.2) is 4.68 Å². The lowest BCUT2D eigenvalue weighted by molar-refractivity contribution is -0.117. The lowest BCUT2D eigenvalue weighted by Gasteiger charge is -2.28. The number of nitrogens with one attached hydrogen (secondary N) is 3. The molecule has 1 aromatic heterocycles. The number of anilines is 1. The van der Waals surface area contributed by atoms with Crippen molar-refractivity contribution in [2.45, 2.75) is 18.9 Å². The fraction of sp³-hybridized carbons (Fsp3) is 0.667. The van der Waals surface area contributed by atoms with E-state index in [2.05, 4.69) is 21.0 Å². The number of hydrogen-bond donors (Lipinski definition) is 3. The Kier molecular flexibility index (Phi) is 3.29. The summed E-state index contributed by atoms with van der Waals surface area (Å²) in [7, 11) is 0. The Labute approximate surface area is 106 Å². The normalized spacial score (nSPS) is 23.9. The van der Waals surface area contributed by atoms with E-state index in [1.807, 2.05) is 10.7 Å². The second kappa shape index (κ2) is 5.07. The van der Waals surface area contributed by atoms with Gasteiger partial charge in [0.25, 0.3) is 0 Å². The minimum absolute atomic E-state index is 0.0951. The molecule has 0 aliphatic carbocycles. The van der Waals surface area contributed by atoms with E-state index in [4.69, 9.17) is 0 Å². The molecule has 6 nitrogen and oxygen atoms in total. The van der Waals surface area contributed by atoms with Gasteiger partial charge >= 0.3 is 0 Å². The highest BCUT2D eigenvalue weighted by Gasteiger charge is 2.23. The molecule has 0 radical (unpaired) electrons. The first-order valence-electron chi connectivity index (χ1n) is 6.58. The molecule has 0 aromatic carbocycles. The average molecular weight is 249 g/mol. The van der Waals surface area contributed by atoms with E-state index in [0.717, 1.165) is 38.4 Å². The van der Waals surface area contributed by atoms with Crippen molar-refractivity contribution in [3.8, 4) is 0 Å². The van der Waals surface area contributed by atoms with Crippen molar-refractivity contribution in [1.82, 2.24) is 20.4 Å². The number of carbonyl (C=O) groups is 1. The topological polar surface area (TPSA) is 71.0 Å². The van der Waals surface area contributed by atoms with Crippen molar-refractivity contribution >= 4 is 11.7 Å². The number of hydrogen-bond acceptors (Lipinski definition) is 4. The van der Waals surface area contributed by atoms with Gasteiger partial charge in [0, 0.05) is 25.6 Å². The predicted molar refractivity (Wildman–Crippen MR) is 68.4 cm³/mol. The van der Waals surface area contributed by atoms with Crippen LogP contribution in [0.4, 0.5) is 5.82 Å². The van der Waals surface area contributed by atoms with Gasteiger partial charge in [-0.1, -0.05) is 0 Å². The second-order valence-electron chi connectivity index (χ2n) is 5.08. The number of aromatic nitrogens is 2. The van der Waals surface area contributed by atoms with Gasteiger partial charge in [0.05, 0.1) is 12.2 Å². The van der Waals surface area contributed by atoms with Crippen LogP contribution in [0.3, 0.4) is 0 Å². The maximum atomic E-state index is 12.0. The van der Waals surface area contributed by atoms with E-state index in [0.29, 0.717) is 18.4 Å². The molecule has 18 heavy (non-hydrogen) atoms. The first-order valence-corrected chi connectivity index (χ1v) is 6.58. The van der Waals surface area contributed by atoms with E-state index < -0.39 is 0 Å². The van der Waals surface area contributed by atoms with Crippen molar-refractivity contribution in [2.75, 3.05) is 31.5 Å². The molecule has 2 fully saturated rings. The quantitative estimate of drug-likeness (QED) is 0.700. The molecule has 2 saturated heterocycles. The molecule has 0 unspecified atom stereocenters. The molecule has 1 atom stereocenters. The molecule has 3 N–H and O–H groups in total. The highest BCUT2D eigenvalue weighted by atomic mass is 16.1. The fourth-order valence-corrected chi connectivity index (χ4v) is 2.50. The molecule has 98 valence electrons. The Morgan fingerprint density at radius 1 is 1.44 bits per heavy atom. The second-order valence-corrected chi connectivity index (χ2v) is 5.08. The van der Waals surface area contributed by atoms with Crippen LogP contribution < -0.4 is 16.0 Å². The third-order valence-corrected chi connectivity index (χ3v) is 3.68. The van der Waals surface area contributed by atoms with E-state index in [1.54, 1.807) is 6.20 Å². The molecule has 2 aliphatic rings. The Bertz CT molecular complexity index is 420. The lowest BCUT2D eigenvalue weighted by atomic mass is 10.0. The summed E-state index contributed by atoms with van der Waals surface area (Å²) in [5, 5.41) is 13.7. The van der Waals surface area contributed by atoms with Gasteiger partial charge in [-0.2, -0.15) is 5.10 Å². The van der Waals surface area contributed by atoms with Crippen molar-refractivity contribution in [2.24, 2.45) is 5.92 Å². The zero-order chi connectivity index (χ0) is 12.4. The van der Waals surface area contributed by atoms with Gasteiger partial charge in [0.15, 0.2) is 0 Å². The van der Waals surface area contributed by atoms with Crippen LogP contribution in [0.25, 0.3) is 0 Å². The van der Waals surface area contributed by atoms with E-state index in [9.17, 15) is 4.79 Å². The summed E-state index contributed by atoms with van der Waals surface area (Å²) in [6.07, 6.45) is 3.44. The standard InChI is InChI=1S/C12H19N5O/c18-12(5-9-1-3-13-6-9)16-11-2-4-15-17(11)10-7-14-8-10/h2,4,9-10,13-14H,1,3,5-8H2,(H,16,18)/t9-/m0/s1. The summed E-state index contributed by atoms with van der Waals surface area (Å²) in [5.74, 6) is 1.39. The van der Waals surface area contributed by atoms with Crippen LogP contribution in [-0.2, 0) is 4.79 Å². The molecule has 0 bridgehead atoms. The molecular formula is C12H19N5O. The Morgan fingerprint density at radius 3 is 3.00 bits per heavy atom. The summed E-state index contributed by atoms with van der Waals surface area (Å²) >= 11 is 0. The summed E-state index contributed by atoms with van der Waals surface area (Å²) < 4.78 is 1.90. The molecule has 3 rings (SSSR count). The first-order chi connectivity index (χ1) is 8.83. The third kappa shape index (κ3) is 2.39. The fourth-order valence-electron chi connectivity index (χ4n) is 2.50. The Morgan fingerprint density at radius 2 is 2.33 bits per heavy atom. The Balaban J connectivity index is 1.57. The molecule has 6 heteroatoms. The maximum absolute atomic E-state index is 12.0. The maximum Gasteiger partial charge on any atom is 0.225 e. The van der Waals surface area contributed by atoms with Crippen molar-refractivity contribution in [3.05, 3.63) is 12.3 Å². The molecule has 1 aromatic rings. The van der Waals surface area contributed by atoms with Gasteiger partial charge in [0.1, 0.15) is 5.82 Å². The van der Waals surface area contributed by atoms with Gasteiger partial charge in [-0.05, 0) is 25.4 Å². The molecule has 0 spiro atoms. The van der Waals surface area contributed by atoms with Crippen LogP contribution in [0.15, 0.2) is 12.3 Å². The average Bonchev–Trinajstić information content (AvgIpc) is 2.89. The third-order valence-electron chi connectivity index (χ3n) is 3.68. The number of amides is 1. The minimum atomic E-state index is 0.0951. The minimum Gasteiger partial charge on any atom is -0.316 e. The van der Waals surface area contributed by atoms with Gasteiger partial charge in [0.2, 0.25) is 5.91 Å². The summed E-state index contributed by atoms with van der Waals surface area (Å²) in [6, 6.07) is 2.24. The molecular weight excluding hydrogens is 230 g/mol. The van der Waals surface area contributed by atoms with Crippen LogP contribution in [0, 0.1) is 5.92 Å². The van der Waals surface area contributed by atoms with Crippen LogP contribution >= 0.6 is 0 Å². The highest BCUT2D eigenvalue weighted by molar-refractivity contribution is 5.90. The zero-order valence-corrected chi connectivity index (χ0v) is 10.4. The van der Waals surface area contributed by atoms with Crippen LogP contribution in [0.5, 0.6) is 0 Å². The smallest absolute Gasteiger partial charge is 0.225 e. The number of rotatable bonds is 4.